The van der Waals surface area contributed by atoms with E-state index in [1.807, 2.05) is 0 Å². The van der Waals surface area contributed by atoms with Crippen molar-refractivity contribution in [3.63, 3.8) is 0 Å². The molecule has 0 fully saturated rings. The molecule has 0 aromatic heterocycles. The highest BCUT2D eigenvalue weighted by Crippen LogP contribution is 2.35. The van der Waals surface area contributed by atoms with Crippen molar-refractivity contribution in [2.24, 2.45) is 0 Å². The van der Waals surface area contributed by atoms with Crippen LogP contribution in [0.5, 0.6) is 0 Å². The molecule has 15 heavy (non-hydrogen) atoms. The molecule has 0 aromatic carbocycles. The summed E-state index contributed by atoms with van der Waals surface area (Å²) < 4.78 is 14.0. The fraction of sp³-hybridized carbons (Fsp3) is 0.833. The van der Waals surface area contributed by atoms with Gasteiger partial charge in [-0.3, -0.25) is 9.32 Å². The number of hydrogen-bond donors (Lipinski definition) is 5. The average molecular weight is 244 g/mol. The minimum Gasteiger partial charge on any atom is -0.391 e. The van der Waals surface area contributed by atoms with E-state index in [0.717, 1.165) is 6.92 Å². The van der Waals surface area contributed by atoms with E-state index >= 15 is 0 Å². The molecule has 0 aliphatic carbocycles. The van der Waals surface area contributed by atoms with Gasteiger partial charge in [0.25, 0.3) is 0 Å². The van der Waals surface area contributed by atoms with Crippen molar-refractivity contribution in [2.45, 2.75) is 25.2 Å². The Kier molecular flexibility index (Phi) is 5.54. The van der Waals surface area contributed by atoms with Crippen LogP contribution in [0.1, 0.15) is 6.92 Å². The Morgan fingerprint density at radius 3 is 2.13 bits per heavy atom. The van der Waals surface area contributed by atoms with Crippen molar-refractivity contribution in [2.75, 3.05) is 6.61 Å². The van der Waals surface area contributed by atoms with Crippen molar-refractivity contribution >= 4 is 13.6 Å². The van der Waals surface area contributed by atoms with Gasteiger partial charge >= 0.3 is 7.82 Å². The second kappa shape index (κ2) is 5.66. The van der Waals surface area contributed by atoms with Gasteiger partial charge in [-0.25, -0.2) is 4.57 Å². The number of aliphatic hydroxyl groups excluding tert-OH is 3. The van der Waals surface area contributed by atoms with E-state index in [-0.39, 0.29) is 0 Å². The lowest BCUT2D eigenvalue weighted by atomic mass is 10.1. The topological polar surface area (TPSA) is 145 Å². The lowest BCUT2D eigenvalue weighted by molar-refractivity contribution is -0.140. The van der Waals surface area contributed by atoms with Crippen LogP contribution < -0.4 is 0 Å². The van der Waals surface area contributed by atoms with Gasteiger partial charge in [-0.05, 0) is 6.92 Å². The predicted octanol–water partition coefficient (Wildman–Crippen LogP) is -2.23. The zero-order valence-corrected chi connectivity index (χ0v) is 8.74. The zero-order chi connectivity index (χ0) is 12.2. The summed E-state index contributed by atoms with van der Waals surface area (Å²) in [6.07, 6.45) is -5.02. The van der Waals surface area contributed by atoms with Crippen LogP contribution >= 0.6 is 7.82 Å². The second-order valence-electron chi connectivity index (χ2n) is 2.91. The van der Waals surface area contributed by atoms with Crippen LogP contribution in [0, 0.1) is 0 Å². The van der Waals surface area contributed by atoms with E-state index in [1.165, 1.54) is 0 Å². The van der Waals surface area contributed by atoms with Crippen molar-refractivity contribution in [1.82, 2.24) is 0 Å². The summed E-state index contributed by atoms with van der Waals surface area (Å²) in [5, 5.41) is 26.9. The monoisotopic (exact) mass is 244 g/mol. The molecular formula is C6H13O8P. The molecule has 0 spiro atoms. The summed E-state index contributed by atoms with van der Waals surface area (Å²) in [6, 6.07) is 0. The smallest absolute Gasteiger partial charge is 0.391 e. The van der Waals surface area contributed by atoms with Crippen LogP contribution in [0.25, 0.3) is 0 Å². The Morgan fingerprint density at radius 1 is 1.33 bits per heavy atom. The van der Waals surface area contributed by atoms with Crippen molar-refractivity contribution < 1.29 is 39.0 Å². The molecule has 0 saturated carbocycles. The summed E-state index contributed by atoms with van der Waals surface area (Å²) in [4.78, 5) is 27.4. The molecule has 0 radical (unpaired) electrons. The predicted molar refractivity (Wildman–Crippen MR) is 46.7 cm³/mol. The minimum absolute atomic E-state index is 1.05. The lowest BCUT2D eigenvalue weighted by Crippen LogP contribution is -2.42. The molecule has 0 amide bonds. The van der Waals surface area contributed by atoms with Crippen LogP contribution in [-0.2, 0) is 13.9 Å². The molecule has 0 rings (SSSR count). The number of hydrogen-bond acceptors (Lipinski definition) is 6. The number of aliphatic hydroxyl groups is 3. The molecule has 0 aromatic rings. The molecule has 90 valence electrons. The average Bonchev–Trinajstić information content (AvgIpc) is 2.10. The maximum Gasteiger partial charge on any atom is 0.470 e. The van der Waals surface area contributed by atoms with Crippen LogP contribution in [-0.4, -0.2) is 55.8 Å². The molecule has 3 atom stereocenters. The Morgan fingerprint density at radius 2 is 1.80 bits per heavy atom. The first-order valence-corrected chi connectivity index (χ1v) is 5.45. The fourth-order valence-electron chi connectivity index (χ4n) is 0.687. The lowest BCUT2D eigenvalue weighted by Gasteiger charge is -2.18. The number of phosphoric ester groups is 1. The number of carbonyl (C=O) groups is 1. The Hall–Kier alpha value is -0.340. The van der Waals surface area contributed by atoms with Crippen molar-refractivity contribution in [3.8, 4) is 0 Å². The van der Waals surface area contributed by atoms with Crippen LogP contribution in [0.2, 0.25) is 0 Å². The normalized spacial score (nSPS) is 18.3. The maximum atomic E-state index is 10.9. The quantitative estimate of drug-likeness (QED) is 0.330. The fourth-order valence-corrected chi connectivity index (χ4v) is 0.983. The summed E-state index contributed by atoms with van der Waals surface area (Å²) in [7, 11) is -4.79. The van der Waals surface area contributed by atoms with Gasteiger partial charge < -0.3 is 25.1 Å². The highest BCUT2D eigenvalue weighted by atomic mass is 31.2. The SMILES string of the molecule is CC(O)[C@H](O)[C@@H](O)C(=O)COP(=O)(O)O. The summed E-state index contributed by atoms with van der Waals surface area (Å²) in [5.41, 5.74) is 0. The first-order chi connectivity index (χ1) is 6.65. The minimum atomic E-state index is -4.79. The van der Waals surface area contributed by atoms with E-state index in [9.17, 15) is 9.36 Å². The number of phosphoric acid groups is 1. The van der Waals surface area contributed by atoms with Gasteiger partial charge in [0.05, 0.1) is 6.10 Å². The third kappa shape index (κ3) is 5.95. The van der Waals surface area contributed by atoms with Gasteiger partial charge in [0.2, 0.25) is 0 Å². The highest BCUT2D eigenvalue weighted by Gasteiger charge is 2.29. The molecule has 0 saturated heterocycles. The Balaban J connectivity index is 4.17. The third-order valence-electron chi connectivity index (χ3n) is 1.52. The van der Waals surface area contributed by atoms with Gasteiger partial charge in [-0.1, -0.05) is 0 Å². The maximum absolute atomic E-state index is 10.9. The van der Waals surface area contributed by atoms with E-state index < -0.39 is 38.5 Å². The third-order valence-corrected chi connectivity index (χ3v) is 1.99. The van der Waals surface area contributed by atoms with E-state index in [4.69, 9.17) is 25.1 Å². The number of ketones is 1. The van der Waals surface area contributed by atoms with E-state index in [1.54, 1.807) is 0 Å². The van der Waals surface area contributed by atoms with E-state index in [2.05, 4.69) is 4.52 Å². The Labute approximate surface area is 85.4 Å². The van der Waals surface area contributed by atoms with Crippen molar-refractivity contribution in [1.29, 1.82) is 0 Å². The van der Waals surface area contributed by atoms with Gasteiger partial charge in [-0.15, -0.1) is 0 Å². The van der Waals surface area contributed by atoms with Gasteiger partial charge in [0, 0.05) is 0 Å². The van der Waals surface area contributed by atoms with Crippen LogP contribution in [0.4, 0.5) is 0 Å². The van der Waals surface area contributed by atoms with Gasteiger partial charge in [-0.2, -0.15) is 0 Å². The van der Waals surface area contributed by atoms with Gasteiger partial charge in [0.15, 0.2) is 5.78 Å². The molecule has 5 N–H and O–H groups in total. The van der Waals surface area contributed by atoms with E-state index in [0.29, 0.717) is 0 Å². The Bertz CT molecular complexity index is 258. The number of carbonyl (C=O) groups excluding carboxylic acids is 1. The standard InChI is InChI=1S/C6H13O8P/c1-3(7)5(9)6(10)4(8)2-14-15(11,12)13/h3,5-7,9-10H,2H2,1H3,(H2,11,12,13)/t3?,5-,6-/m0/s1. The number of rotatable bonds is 6. The largest absolute Gasteiger partial charge is 0.470 e. The molecule has 0 heterocycles. The molecule has 0 aliphatic rings. The molecule has 9 heteroatoms. The first kappa shape index (κ1) is 14.7. The second-order valence-corrected chi connectivity index (χ2v) is 4.15. The molecule has 1 unspecified atom stereocenters. The molecule has 0 bridgehead atoms. The summed E-state index contributed by atoms with van der Waals surface area (Å²) in [5.74, 6) is -1.13. The zero-order valence-electron chi connectivity index (χ0n) is 7.85. The highest BCUT2D eigenvalue weighted by molar-refractivity contribution is 7.46. The summed E-state index contributed by atoms with van der Waals surface area (Å²) >= 11 is 0. The van der Waals surface area contributed by atoms with Gasteiger partial charge in [0.1, 0.15) is 18.8 Å². The molecule has 8 nitrogen and oxygen atoms in total. The summed E-state index contributed by atoms with van der Waals surface area (Å²) in [6.45, 7) is 0.0974. The van der Waals surface area contributed by atoms with Crippen LogP contribution in [0.3, 0.4) is 0 Å². The van der Waals surface area contributed by atoms with Crippen LogP contribution in [0.15, 0.2) is 0 Å². The van der Waals surface area contributed by atoms with Crippen molar-refractivity contribution in [3.05, 3.63) is 0 Å². The first-order valence-electron chi connectivity index (χ1n) is 3.92. The number of Topliss-reactive ketones (excluding diaryl/α,β-unsaturated/α-hetero) is 1. The molecular weight excluding hydrogens is 231 g/mol. The molecule has 0 aliphatic heterocycles.